The average molecular weight is 588 g/mol. The zero-order valence-electron chi connectivity index (χ0n) is 20.5. The normalized spacial score (nSPS) is 14.2. The van der Waals surface area contributed by atoms with E-state index in [1.165, 1.54) is 7.09 Å². The van der Waals surface area contributed by atoms with Crippen molar-refractivity contribution in [3.05, 3.63) is 92.7 Å². The minimum absolute atomic E-state index is 0.219. The number of benzene rings is 2. The topological polar surface area (TPSA) is 116 Å². The summed E-state index contributed by atoms with van der Waals surface area (Å²) in [5.41, 5.74) is 15.4. The van der Waals surface area contributed by atoms with E-state index in [1.54, 1.807) is 48.5 Å². The summed E-state index contributed by atoms with van der Waals surface area (Å²) in [4.78, 5) is 23.2. The van der Waals surface area contributed by atoms with Crippen molar-refractivity contribution >= 4 is 36.3 Å². The number of aromatic carboxylic acids is 1. The SMILES string of the molecule is CC\C=C(CC)/I=C(C)\C(N)=C/C=C(\C)C(OC(N)=O)c1ccc(-c2ccccc2C(=O)O)cc1. The lowest BCUT2D eigenvalue weighted by molar-refractivity contribution is 0.0697. The monoisotopic (exact) mass is 588 g/mol. The number of halogens is 1. The number of carboxylic acid groups (broad SMARTS) is 1. The molecule has 0 bridgehead atoms. The Hall–Kier alpha value is -3.20. The van der Waals surface area contributed by atoms with Crippen molar-refractivity contribution in [1.82, 2.24) is 0 Å². The number of hydrogen-bond acceptors (Lipinski definition) is 4. The molecule has 0 aliphatic heterocycles. The maximum Gasteiger partial charge on any atom is 0.405 e. The summed E-state index contributed by atoms with van der Waals surface area (Å²) in [5.74, 6) is -0.992. The second kappa shape index (κ2) is 13.6. The zero-order chi connectivity index (χ0) is 26.0. The fourth-order valence-corrected chi connectivity index (χ4v) is 6.00. The first-order valence-electron chi connectivity index (χ1n) is 11.4. The van der Waals surface area contributed by atoms with Gasteiger partial charge in [0.1, 0.15) is 6.10 Å². The second-order valence-corrected chi connectivity index (χ2v) is 11.4. The van der Waals surface area contributed by atoms with Crippen LogP contribution in [0, 0.1) is 0 Å². The van der Waals surface area contributed by atoms with Gasteiger partial charge in [-0.25, -0.2) is 9.59 Å². The Bertz CT molecular complexity index is 1180. The van der Waals surface area contributed by atoms with Gasteiger partial charge in [-0.05, 0) is 64.7 Å². The van der Waals surface area contributed by atoms with Crippen molar-refractivity contribution in [1.29, 1.82) is 0 Å². The molecule has 2 aromatic carbocycles. The van der Waals surface area contributed by atoms with Crippen LogP contribution in [0.1, 0.15) is 62.6 Å². The zero-order valence-corrected chi connectivity index (χ0v) is 22.7. The molecule has 186 valence electrons. The molecular formula is C28H33IN2O4. The molecule has 0 aliphatic rings. The van der Waals surface area contributed by atoms with Crippen LogP contribution >= 0.6 is 20.7 Å². The Labute approximate surface area is 217 Å². The molecule has 7 heteroatoms. The Morgan fingerprint density at radius 3 is 2.26 bits per heavy atom. The van der Waals surface area contributed by atoms with Gasteiger partial charge in [-0.2, -0.15) is 0 Å². The summed E-state index contributed by atoms with van der Waals surface area (Å²) in [6.45, 7) is 8.21. The minimum Gasteiger partial charge on any atom is -0.478 e. The molecule has 0 heterocycles. The van der Waals surface area contributed by atoms with Gasteiger partial charge in [0.15, 0.2) is 0 Å². The molecule has 0 saturated heterocycles. The van der Waals surface area contributed by atoms with E-state index in [0.29, 0.717) is 16.8 Å². The molecule has 0 aliphatic carbocycles. The van der Waals surface area contributed by atoms with Crippen LogP contribution in [0.4, 0.5) is 4.79 Å². The lowest BCUT2D eigenvalue weighted by atomic mass is 9.96. The van der Waals surface area contributed by atoms with Crippen LogP contribution in [0.2, 0.25) is 0 Å². The van der Waals surface area contributed by atoms with E-state index in [4.69, 9.17) is 16.2 Å². The molecule has 2 aromatic rings. The van der Waals surface area contributed by atoms with Crippen LogP contribution in [0.25, 0.3) is 11.1 Å². The number of hydrogen-bond donors (Lipinski definition) is 3. The molecule has 2 rings (SSSR count). The van der Waals surface area contributed by atoms with Gasteiger partial charge < -0.3 is 21.3 Å². The Morgan fingerprint density at radius 2 is 1.69 bits per heavy atom. The number of allylic oxidation sites excluding steroid dienone is 5. The summed E-state index contributed by atoms with van der Waals surface area (Å²) < 4.78 is 8.05. The largest absolute Gasteiger partial charge is 0.478 e. The average Bonchev–Trinajstić information content (AvgIpc) is 2.85. The van der Waals surface area contributed by atoms with E-state index in [9.17, 15) is 14.7 Å². The maximum absolute atomic E-state index is 11.6. The van der Waals surface area contributed by atoms with Crippen LogP contribution in [-0.4, -0.2) is 20.7 Å². The van der Waals surface area contributed by atoms with Crippen LogP contribution in [0.5, 0.6) is 0 Å². The molecule has 0 aromatic heterocycles. The van der Waals surface area contributed by atoms with Crippen molar-refractivity contribution < 1.29 is 19.4 Å². The first-order chi connectivity index (χ1) is 16.7. The van der Waals surface area contributed by atoms with Gasteiger partial charge in [0.05, 0.1) is 5.56 Å². The van der Waals surface area contributed by atoms with Crippen molar-refractivity contribution in [3.8, 4) is 11.1 Å². The summed E-state index contributed by atoms with van der Waals surface area (Å²) in [6, 6.07) is 14.0. The second-order valence-electron chi connectivity index (χ2n) is 7.86. The summed E-state index contributed by atoms with van der Waals surface area (Å²) in [6.07, 6.45) is 6.44. The molecule has 1 amide bonds. The van der Waals surface area contributed by atoms with Crippen LogP contribution in [0.3, 0.4) is 0 Å². The van der Waals surface area contributed by atoms with Gasteiger partial charge in [0.2, 0.25) is 0 Å². The quantitative estimate of drug-likeness (QED) is 0.208. The highest BCUT2D eigenvalue weighted by atomic mass is 127. The van der Waals surface area contributed by atoms with Gasteiger partial charge in [-0.3, -0.25) is 0 Å². The predicted octanol–water partition coefficient (Wildman–Crippen LogP) is 6.84. The number of carbonyl (C=O) groups excluding carboxylic acids is 1. The highest BCUT2D eigenvalue weighted by molar-refractivity contribution is 14.2. The predicted molar refractivity (Wildman–Crippen MR) is 152 cm³/mol. The van der Waals surface area contributed by atoms with Gasteiger partial charge >= 0.3 is 12.1 Å². The van der Waals surface area contributed by atoms with Gasteiger partial charge in [-0.15, -0.1) is 0 Å². The summed E-state index contributed by atoms with van der Waals surface area (Å²) in [5, 5.41) is 9.48. The maximum atomic E-state index is 11.6. The van der Waals surface area contributed by atoms with Crippen LogP contribution in [-0.2, 0) is 4.74 Å². The number of carbonyl (C=O) groups is 2. The third-order valence-electron chi connectivity index (χ3n) is 5.28. The summed E-state index contributed by atoms with van der Waals surface area (Å²) in [7, 11) is 0. The molecule has 1 unspecified atom stereocenters. The van der Waals surface area contributed by atoms with E-state index >= 15 is 0 Å². The number of amides is 1. The smallest absolute Gasteiger partial charge is 0.405 e. The third-order valence-corrected chi connectivity index (χ3v) is 8.61. The van der Waals surface area contributed by atoms with E-state index < -0.39 is 18.2 Å². The van der Waals surface area contributed by atoms with E-state index in [-0.39, 0.29) is 26.3 Å². The molecular weight excluding hydrogens is 555 g/mol. The van der Waals surface area contributed by atoms with Crippen molar-refractivity contribution in [2.75, 3.05) is 0 Å². The molecule has 1 atom stereocenters. The highest BCUT2D eigenvalue weighted by Crippen LogP contribution is 2.30. The number of ether oxygens (including phenoxy) is 1. The van der Waals surface area contributed by atoms with E-state index in [2.05, 4.69) is 26.8 Å². The van der Waals surface area contributed by atoms with Crippen molar-refractivity contribution in [3.63, 3.8) is 0 Å². The Kier molecular flexibility index (Phi) is 10.9. The van der Waals surface area contributed by atoms with Crippen LogP contribution in [0.15, 0.2) is 81.6 Å². The Balaban J connectivity index is 2.36. The lowest BCUT2D eigenvalue weighted by Crippen LogP contribution is -2.18. The summed E-state index contributed by atoms with van der Waals surface area (Å²) >= 11 is -0.284. The molecule has 0 radical (unpaired) electrons. The molecule has 35 heavy (non-hydrogen) atoms. The molecule has 6 nitrogen and oxygen atoms in total. The fraction of sp³-hybridized carbons (Fsp3) is 0.250. The first-order valence-corrected chi connectivity index (χ1v) is 13.5. The minimum atomic E-state index is -0.992. The van der Waals surface area contributed by atoms with Gasteiger partial charge in [0.25, 0.3) is 0 Å². The van der Waals surface area contributed by atoms with E-state index in [1.807, 2.05) is 19.1 Å². The third kappa shape index (κ3) is 8.20. The van der Waals surface area contributed by atoms with E-state index in [0.717, 1.165) is 24.0 Å². The Morgan fingerprint density at radius 1 is 1.03 bits per heavy atom. The van der Waals surface area contributed by atoms with Crippen molar-refractivity contribution in [2.45, 2.75) is 46.6 Å². The van der Waals surface area contributed by atoms with Crippen molar-refractivity contribution in [2.24, 2.45) is 11.5 Å². The number of nitrogens with two attached hydrogens (primary N) is 2. The fourth-order valence-electron chi connectivity index (χ4n) is 3.43. The molecule has 5 N–H and O–H groups in total. The number of rotatable bonds is 10. The standard InChI is InChI=1S/C28H33IN2O4/c1-5-9-22(6-2)29-19(4)25(30)17-12-18(3)26(35-28(31)34)21-15-13-20(14-16-21)23-10-7-8-11-24(23)27(32)33/h7-17,26H,5-6,30H2,1-4H3,(H2,31,34)(H,32,33)/b18-12+,22-9-,25-17+. The molecule has 0 spiro atoms. The number of primary amides is 1. The molecule has 0 saturated carbocycles. The highest BCUT2D eigenvalue weighted by Gasteiger charge is 2.18. The van der Waals surface area contributed by atoms with Gasteiger partial charge in [-0.1, -0.05) is 89.2 Å². The first kappa shape index (κ1) is 28.0. The lowest BCUT2D eigenvalue weighted by Gasteiger charge is -2.18. The van der Waals surface area contributed by atoms with Gasteiger partial charge in [0, 0.05) is 9.21 Å². The van der Waals surface area contributed by atoms with Crippen LogP contribution < -0.4 is 11.5 Å². The number of carboxylic acids is 1. The molecule has 0 fully saturated rings.